The predicted molar refractivity (Wildman–Crippen MR) is 54.3 cm³/mol. The van der Waals surface area contributed by atoms with Crippen molar-refractivity contribution >= 4 is 0 Å². The lowest BCUT2D eigenvalue weighted by molar-refractivity contribution is 0.219. The van der Waals surface area contributed by atoms with Crippen LogP contribution in [0.25, 0.3) is 0 Å². The molecule has 2 aliphatic carbocycles. The SMILES string of the molecule is C=COCCCC1CC2CCC1C2. The van der Waals surface area contributed by atoms with Gasteiger partial charge < -0.3 is 4.74 Å². The van der Waals surface area contributed by atoms with Crippen LogP contribution < -0.4 is 0 Å². The van der Waals surface area contributed by atoms with Crippen molar-refractivity contribution < 1.29 is 4.74 Å². The van der Waals surface area contributed by atoms with Gasteiger partial charge in [-0.15, -0.1) is 0 Å². The molecule has 2 bridgehead atoms. The Hall–Kier alpha value is -0.460. The number of hydrogen-bond acceptors (Lipinski definition) is 1. The van der Waals surface area contributed by atoms with Gasteiger partial charge in [0.05, 0.1) is 12.9 Å². The molecule has 0 saturated heterocycles. The third kappa shape index (κ3) is 2.07. The maximum atomic E-state index is 5.14. The Balaban J connectivity index is 1.63. The van der Waals surface area contributed by atoms with Crippen molar-refractivity contribution in [3.63, 3.8) is 0 Å². The van der Waals surface area contributed by atoms with Gasteiger partial charge in [-0.25, -0.2) is 0 Å². The summed E-state index contributed by atoms with van der Waals surface area (Å²) in [7, 11) is 0. The lowest BCUT2D eigenvalue weighted by Crippen LogP contribution is -2.10. The zero-order chi connectivity index (χ0) is 9.10. The molecule has 13 heavy (non-hydrogen) atoms. The fourth-order valence-electron chi connectivity index (χ4n) is 3.24. The Morgan fingerprint density at radius 2 is 2.23 bits per heavy atom. The Bertz CT molecular complexity index is 176. The second-order valence-corrected chi connectivity index (χ2v) is 4.61. The highest BCUT2D eigenvalue weighted by Crippen LogP contribution is 2.49. The van der Waals surface area contributed by atoms with Crippen LogP contribution in [0.1, 0.15) is 38.5 Å². The summed E-state index contributed by atoms with van der Waals surface area (Å²) in [4.78, 5) is 0. The molecule has 0 radical (unpaired) electrons. The van der Waals surface area contributed by atoms with E-state index in [1.165, 1.54) is 38.5 Å². The van der Waals surface area contributed by atoms with Crippen LogP contribution in [0.5, 0.6) is 0 Å². The van der Waals surface area contributed by atoms with Crippen molar-refractivity contribution in [1.29, 1.82) is 0 Å². The van der Waals surface area contributed by atoms with Gasteiger partial charge in [0.25, 0.3) is 0 Å². The molecule has 1 heteroatoms. The van der Waals surface area contributed by atoms with Crippen LogP contribution in [0.4, 0.5) is 0 Å². The molecule has 0 spiro atoms. The molecule has 2 rings (SSSR count). The van der Waals surface area contributed by atoms with Gasteiger partial charge in [-0.1, -0.05) is 13.0 Å². The summed E-state index contributed by atoms with van der Waals surface area (Å²) in [6.45, 7) is 4.42. The van der Waals surface area contributed by atoms with E-state index >= 15 is 0 Å². The minimum Gasteiger partial charge on any atom is -0.502 e. The van der Waals surface area contributed by atoms with Crippen LogP contribution in [0.3, 0.4) is 0 Å². The predicted octanol–water partition coefficient (Wildman–Crippen LogP) is 3.36. The van der Waals surface area contributed by atoms with E-state index < -0.39 is 0 Å². The summed E-state index contributed by atoms with van der Waals surface area (Å²) in [5.41, 5.74) is 0. The average Bonchev–Trinajstić information content (AvgIpc) is 2.73. The maximum absolute atomic E-state index is 5.14. The maximum Gasteiger partial charge on any atom is 0.0873 e. The van der Waals surface area contributed by atoms with Gasteiger partial charge in [-0.3, -0.25) is 0 Å². The fraction of sp³-hybridized carbons (Fsp3) is 0.833. The first kappa shape index (κ1) is 9.11. The molecule has 1 nitrogen and oxygen atoms in total. The quantitative estimate of drug-likeness (QED) is 0.465. The topological polar surface area (TPSA) is 9.23 Å². The summed E-state index contributed by atoms with van der Waals surface area (Å²) in [5, 5.41) is 0. The summed E-state index contributed by atoms with van der Waals surface area (Å²) in [5.74, 6) is 3.20. The van der Waals surface area contributed by atoms with Gasteiger partial charge in [0.2, 0.25) is 0 Å². The van der Waals surface area contributed by atoms with E-state index in [-0.39, 0.29) is 0 Å². The summed E-state index contributed by atoms with van der Waals surface area (Å²) < 4.78 is 5.14. The molecule has 0 N–H and O–H groups in total. The van der Waals surface area contributed by atoms with Gasteiger partial charge in [0.15, 0.2) is 0 Å². The van der Waals surface area contributed by atoms with E-state index in [9.17, 15) is 0 Å². The Labute approximate surface area is 81.2 Å². The molecule has 3 atom stereocenters. The van der Waals surface area contributed by atoms with Crippen LogP contribution in [0, 0.1) is 17.8 Å². The molecule has 0 aromatic heterocycles. The molecule has 0 heterocycles. The van der Waals surface area contributed by atoms with Gasteiger partial charge in [0, 0.05) is 0 Å². The minimum absolute atomic E-state index is 0.872. The molecule has 0 aromatic carbocycles. The summed E-state index contributed by atoms with van der Waals surface area (Å²) in [6, 6.07) is 0. The molecule has 74 valence electrons. The van der Waals surface area contributed by atoms with Gasteiger partial charge in [0.1, 0.15) is 0 Å². The second kappa shape index (κ2) is 4.17. The number of hydrogen-bond donors (Lipinski definition) is 0. The van der Waals surface area contributed by atoms with Crippen LogP contribution in [-0.4, -0.2) is 6.61 Å². The first-order valence-corrected chi connectivity index (χ1v) is 5.62. The zero-order valence-corrected chi connectivity index (χ0v) is 8.37. The van der Waals surface area contributed by atoms with Crippen LogP contribution in [0.15, 0.2) is 12.8 Å². The zero-order valence-electron chi connectivity index (χ0n) is 8.37. The normalized spacial score (nSPS) is 36.5. The molecule has 2 fully saturated rings. The minimum atomic E-state index is 0.872. The van der Waals surface area contributed by atoms with Gasteiger partial charge in [-0.2, -0.15) is 0 Å². The van der Waals surface area contributed by atoms with E-state index in [4.69, 9.17) is 4.74 Å². The third-order valence-corrected chi connectivity index (χ3v) is 3.84. The molecule has 2 aliphatic rings. The first-order chi connectivity index (χ1) is 6.40. The Morgan fingerprint density at radius 1 is 1.31 bits per heavy atom. The molecule has 3 unspecified atom stereocenters. The fourth-order valence-corrected chi connectivity index (χ4v) is 3.24. The van der Waals surface area contributed by atoms with Crippen molar-refractivity contribution in [3.8, 4) is 0 Å². The van der Waals surface area contributed by atoms with E-state index in [1.54, 1.807) is 6.26 Å². The Kier molecular flexibility index (Phi) is 2.92. The molecule has 0 amide bonds. The molecular formula is C12H20O. The van der Waals surface area contributed by atoms with Gasteiger partial charge >= 0.3 is 0 Å². The Morgan fingerprint density at radius 3 is 2.85 bits per heavy atom. The van der Waals surface area contributed by atoms with Crippen molar-refractivity contribution in [2.24, 2.45) is 17.8 Å². The van der Waals surface area contributed by atoms with E-state index in [0.717, 1.165) is 24.4 Å². The van der Waals surface area contributed by atoms with Crippen LogP contribution in [-0.2, 0) is 4.74 Å². The smallest absolute Gasteiger partial charge is 0.0873 e. The first-order valence-electron chi connectivity index (χ1n) is 5.62. The average molecular weight is 180 g/mol. The van der Waals surface area contributed by atoms with Crippen LogP contribution >= 0.6 is 0 Å². The van der Waals surface area contributed by atoms with Crippen molar-refractivity contribution in [2.75, 3.05) is 6.61 Å². The molecule has 0 aromatic rings. The van der Waals surface area contributed by atoms with Crippen LogP contribution in [0.2, 0.25) is 0 Å². The van der Waals surface area contributed by atoms with Gasteiger partial charge in [-0.05, 0) is 49.9 Å². The highest BCUT2D eigenvalue weighted by Gasteiger charge is 2.38. The molecular weight excluding hydrogens is 160 g/mol. The number of fused-ring (bicyclic) bond motifs is 2. The molecule has 2 saturated carbocycles. The summed E-state index contributed by atoms with van der Waals surface area (Å²) >= 11 is 0. The number of rotatable bonds is 5. The van der Waals surface area contributed by atoms with Crippen molar-refractivity contribution in [1.82, 2.24) is 0 Å². The van der Waals surface area contributed by atoms with Crippen molar-refractivity contribution in [2.45, 2.75) is 38.5 Å². The van der Waals surface area contributed by atoms with Crippen molar-refractivity contribution in [3.05, 3.63) is 12.8 Å². The largest absolute Gasteiger partial charge is 0.502 e. The highest BCUT2D eigenvalue weighted by molar-refractivity contribution is 4.89. The van der Waals surface area contributed by atoms with E-state index in [0.29, 0.717) is 0 Å². The summed E-state index contributed by atoms with van der Waals surface area (Å²) in [6.07, 6.45) is 10.2. The monoisotopic (exact) mass is 180 g/mol. The van der Waals surface area contributed by atoms with E-state index in [1.807, 2.05) is 0 Å². The number of ether oxygens (including phenoxy) is 1. The highest BCUT2D eigenvalue weighted by atomic mass is 16.5. The van der Waals surface area contributed by atoms with E-state index in [2.05, 4.69) is 6.58 Å². The standard InChI is InChI=1S/C12H20O/c1-2-13-7-3-4-11-8-10-5-6-12(11)9-10/h2,10-12H,1,3-9H2. The second-order valence-electron chi connectivity index (χ2n) is 4.61. The third-order valence-electron chi connectivity index (χ3n) is 3.84. The lowest BCUT2D eigenvalue weighted by Gasteiger charge is -2.21. The molecule has 0 aliphatic heterocycles. The lowest BCUT2D eigenvalue weighted by atomic mass is 9.86.